The molecule has 3 rings (SSSR count). The van der Waals surface area contributed by atoms with Crippen molar-refractivity contribution in [3.8, 4) is 11.5 Å². The molecule has 0 saturated heterocycles. The molecule has 170 valence electrons. The summed E-state index contributed by atoms with van der Waals surface area (Å²) in [5.74, 6) is 0.799. The van der Waals surface area contributed by atoms with E-state index in [0.717, 1.165) is 0 Å². The molecule has 0 heterocycles. The van der Waals surface area contributed by atoms with Gasteiger partial charge in [0.2, 0.25) is 0 Å². The van der Waals surface area contributed by atoms with Crippen LogP contribution in [0.2, 0.25) is 0 Å². The Kier molecular flexibility index (Phi) is 7.56. The molecule has 7 heteroatoms. The van der Waals surface area contributed by atoms with Gasteiger partial charge in [-0.2, -0.15) is 0 Å². The normalized spacial score (nSPS) is 12.9. The fourth-order valence-corrected chi connectivity index (χ4v) is 5.97. The van der Waals surface area contributed by atoms with E-state index in [1.165, 1.54) is 0 Å². The van der Waals surface area contributed by atoms with E-state index >= 15 is 0 Å². The lowest BCUT2D eigenvalue weighted by atomic mass is 9.67. The number of aliphatic hydroxyl groups is 2. The molecule has 6 nitrogen and oxygen atoms in total. The molecule has 0 aliphatic rings. The van der Waals surface area contributed by atoms with Crippen molar-refractivity contribution < 1.29 is 28.1 Å². The molecule has 3 aromatic rings. The van der Waals surface area contributed by atoms with Gasteiger partial charge in [-0.25, -0.2) is 8.42 Å². The van der Waals surface area contributed by atoms with Crippen LogP contribution in [0.15, 0.2) is 78.9 Å². The van der Waals surface area contributed by atoms with Crippen LogP contribution < -0.4 is 9.47 Å². The Balaban J connectivity index is 2.43. The smallest absolute Gasteiger partial charge is 0.159 e. The van der Waals surface area contributed by atoms with Crippen LogP contribution >= 0.6 is 0 Å². The minimum atomic E-state index is -3.92. The second-order valence-electron chi connectivity index (χ2n) is 7.39. The lowest BCUT2D eigenvalue weighted by Crippen LogP contribution is -2.49. The summed E-state index contributed by atoms with van der Waals surface area (Å²) in [5.41, 5.74) is 0.809. The molecule has 0 bridgehead atoms. The quantitative estimate of drug-likeness (QED) is 0.456. The van der Waals surface area contributed by atoms with Crippen LogP contribution in [0.4, 0.5) is 0 Å². The Morgan fingerprint density at radius 1 is 0.750 bits per heavy atom. The summed E-state index contributed by atoms with van der Waals surface area (Å²) in [5, 5.41) is 18.7. The van der Waals surface area contributed by atoms with Crippen molar-refractivity contribution >= 4 is 9.84 Å². The van der Waals surface area contributed by atoms with E-state index in [1.807, 2.05) is 54.6 Å². The van der Waals surface area contributed by atoms with E-state index < -0.39 is 39.5 Å². The lowest BCUT2D eigenvalue weighted by molar-refractivity contribution is 0.264. The van der Waals surface area contributed by atoms with Gasteiger partial charge in [-0.15, -0.1) is 0 Å². The van der Waals surface area contributed by atoms with Gasteiger partial charge in [0.05, 0.1) is 38.6 Å². The molecule has 0 fully saturated rings. The van der Waals surface area contributed by atoms with Crippen molar-refractivity contribution in [1.29, 1.82) is 0 Å². The molecular formula is C25H28O6S. The standard InChI is InChI=1S/C25H28O6S/c1-30-22-12-8-20(9-13-22)25(19-6-4-3-5-7-19,21-10-14-23(31-2)15-11-21)24(18-27)32(28,29)17-16-26/h3-15,24,26-27H,16-18H2,1-2H3. The fraction of sp³-hybridized carbons (Fsp3) is 0.280. The summed E-state index contributed by atoms with van der Waals surface area (Å²) in [7, 11) is -0.797. The van der Waals surface area contributed by atoms with Gasteiger partial charge in [0.25, 0.3) is 0 Å². The Morgan fingerprint density at radius 2 is 1.19 bits per heavy atom. The summed E-state index contributed by atoms with van der Waals surface area (Å²) in [6, 6.07) is 23.6. The molecule has 0 aliphatic carbocycles. The van der Waals surface area contributed by atoms with Crippen LogP contribution in [0, 0.1) is 0 Å². The van der Waals surface area contributed by atoms with E-state index in [-0.39, 0.29) is 0 Å². The van der Waals surface area contributed by atoms with Crippen LogP contribution in [0.5, 0.6) is 11.5 Å². The third kappa shape index (κ3) is 4.37. The summed E-state index contributed by atoms with van der Waals surface area (Å²) in [6.45, 7) is -1.16. The van der Waals surface area contributed by atoms with Gasteiger partial charge in [-0.1, -0.05) is 54.6 Å². The minimum Gasteiger partial charge on any atom is -0.497 e. The van der Waals surface area contributed by atoms with Crippen molar-refractivity contribution in [2.45, 2.75) is 10.7 Å². The highest BCUT2D eigenvalue weighted by Crippen LogP contribution is 2.45. The molecule has 3 aromatic carbocycles. The monoisotopic (exact) mass is 456 g/mol. The molecule has 0 radical (unpaired) electrons. The largest absolute Gasteiger partial charge is 0.497 e. The Morgan fingerprint density at radius 3 is 1.56 bits per heavy atom. The van der Waals surface area contributed by atoms with E-state index in [4.69, 9.17) is 9.47 Å². The Hall–Kier alpha value is -2.87. The van der Waals surface area contributed by atoms with E-state index in [1.54, 1.807) is 38.5 Å². The molecule has 0 amide bonds. The van der Waals surface area contributed by atoms with Gasteiger partial charge in [-0.3, -0.25) is 0 Å². The molecule has 0 aliphatic heterocycles. The summed E-state index contributed by atoms with van der Waals surface area (Å²) in [4.78, 5) is 0. The number of hydrogen-bond acceptors (Lipinski definition) is 6. The lowest BCUT2D eigenvalue weighted by Gasteiger charge is -2.41. The average molecular weight is 457 g/mol. The van der Waals surface area contributed by atoms with Crippen LogP contribution in [0.25, 0.3) is 0 Å². The average Bonchev–Trinajstić information content (AvgIpc) is 2.83. The van der Waals surface area contributed by atoms with Gasteiger partial charge in [0.1, 0.15) is 16.7 Å². The van der Waals surface area contributed by atoms with Gasteiger partial charge >= 0.3 is 0 Å². The number of hydrogen-bond donors (Lipinski definition) is 2. The highest BCUT2D eigenvalue weighted by Gasteiger charge is 2.49. The first-order valence-electron chi connectivity index (χ1n) is 10.2. The van der Waals surface area contributed by atoms with Crippen LogP contribution in [0.3, 0.4) is 0 Å². The van der Waals surface area contributed by atoms with E-state index in [0.29, 0.717) is 28.2 Å². The maximum absolute atomic E-state index is 13.4. The van der Waals surface area contributed by atoms with Crippen molar-refractivity contribution in [2.24, 2.45) is 0 Å². The number of benzene rings is 3. The molecule has 0 spiro atoms. The zero-order valence-electron chi connectivity index (χ0n) is 18.1. The number of ether oxygens (including phenoxy) is 2. The third-order valence-corrected chi connectivity index (χ3v) is 7.90. The molecule has 0 saturated carbocycles. The zero-order chi connectivity index (χ0) is 23.2. The molecule has 1 atom stereocenters. The zero-order valence-corrected chi connectivity index (χ0v) is 19.0. The maximum atomic E-state index is 13.4. The van der Waals surface area contributed by atoms with Crippen LogP contribution in [-0.2, 0) is 15.3 Å². The van der Waals surface area contributed by atoms with Crippen LogP contribution in [-0.4, -0.2) is 57.1 Å². The van der Waals surface area contributed by atoms with Gasteiger partial charge in [-0.05, 0) is 41.0 Å². The second-order valence-corrected chi connectivity index (χ2v) is 9.70. The maximum Gasteiger partial charge on any atom is 0.159 e. The van der Waals surface area contributed by atoms with E-state index in [9.17, 15) is 18.6 Å². The summed E-state index contributed by atoms with van der Waals surface area (Å²) >= 11 is 0. The van der Waals surface area contributed by atoms with Gasteiger partial charge < -0.3 is 19.7 Å². The van der Waals surface area contributed by atoms with Crippen molar-refractivity contribution in [3.05, 3.63) is 95.6 Å². The number of rotatable bonds is 10. The predicted molar refractivity (Wildman–Crippen MR) is 124 cm³/mol. The molecule has 0 aromatic heterocycles. The summed E-state index contributed by atoms with van der Waals surface area (Å²) in [6.07, 6.45) is 0. The highest BCUT2D eigenvalue weighted by atomic mass is 32.2. The first kappa shape index (κ1) is 23.8. The first-order chi connectivity index (χ1) is 15.4. The number of sulfone groups is 1. The van der Waals surface area contributed by atoms with Crippen LogP contribution in [0.1, 0.15) is 16.7 Å². The fourth-order valence-electron chi connectivity index (χ4n) is 4.26. The summed E-state index contributed by atoms with van der Waals surface area (Å²) < 4.78 is 37.4. The highest BCUT2D eigenvalue weighted by molar-refractivity contribution is 7.92. The number of aliphatic hydroxyl groups excluding tert-OH is 2. The second kappa shape index (κ2) is 10.2. The van der Waals surface area contributed by atoms with Gasteiger partial charge in [0, 0.05) is 0 Å². The molecule has 32 heavy (non-hydrogen) atoms. The van der Waals surface area contributed by atoms with E-state index in [2.05, 4.69) is 0 Å². The topological polar surface area (TPSA) is 93.1 Å². The predicted octanol–water partition coefficient (Wildman–Crippen LogP) is 2.81. The molecular weight excluding hydrogens is 428 g/mol. The Bertz CT molecular complexity index is 1050. The molecule has 1 unspecified atom stereocenters. The SMILES string of the molecule is COc1ccc(C(c2ccccc2)(c2ccc(OC)cc2)C(CO)S(=O)(=O)CCO)cc1. The first-order valence-corrected chi connectivity index (χ1v) is 11.9. The van der Waals surface area contributed by atoms with Gasteiger partial charge in [0.15, 0.2) is 9.84 Å². The Labute approximate surface area is 189 Å². The number of methoxy groups -OCH3 is 2. The molecule has 2 N–H and O–H groups in total. The minimum absolute atomic E-state index is 0.459. The van der Waals surface area contributed by atoms with Crippen molar-refractivity contribution in [3.63, 3.8) is 0 Å². The van der Waals surface area contributed by atoms with Crippen molar-refractivity contribution in [2.75, 3.05) is 33.2 Å². The third-order valence-electron chi connectivity index (χ3n) is 5.78. The van der Waals surface area contributed by atoms with Crippen molar-refractivity contribution in [1.82, 2.24) is 0 Å².